The van der Waals surface area contributed by atoms with Crippen molar-refractivity contribution in [1.82, 2.24) is 19.8 Å². The lowest BCUT2D eigenvalue weighted by molar-refractivity contribution is -0.127. The van der Waals surface area contributed by atoms with Crippen LogP contribution in [0.2, 0.25) is 0 Å². The largest absolute Gasteiger partial charge is 0.455 e. The van der Waals surface area contributed by atoms with E-state index >= 15 is 0 Å². The summed E-state index contributed by atoms with van der Waals surface area (Å²) in [6.45, 7) is 3.95. The van der Waals surface area contributed by atoms with E-state index in [1.807, 2.05) is 11.8 Å². The lowest BCUT2D eigenvalue weighted by Gasteiger charge is -2.20. The van der Waals surface area contributed by atoms with Crippen LogP contribution in [0.1, 0.15) is 29.7 Å². The van der Waals surface area contributed by atoms with Gasteiger partial charge in [-0.25, -0.2) is 9.97 Å². The molecule has 3 heterocycles. The molecule has 0 bridgehead atoms. The van der Waals surface area contributed by atoms with Crippen LogP contribution in [0.25, 0.3) is 0 Å². The number of carbonyl (C=O) groups is 2. The standard InChI is InChI=1S/C18H22N4O3S/c1-3-22-11-13(9-16(22)23)10-21(2)17(24)15-6-5-14(25-15)12-26-18-19-7-4-8-20-18/h4-8,13H,3,9-12H2,1-2H3. The molecule has 7 nitrogen and oxygen atoms in total. The van der Waals surface area contributed by atoms with Gasteiger partial charge < -0.3 is 14.2 Å². The first-order chi connectivity index (χ1) is 12.6. The lowest BCUT2D eigenvalue weighted by Crippen LogP contribution is -2.33. The fourth-order valence-corrected chi connectivity index (χ4v) is 3.70. The molecule has 0 spiro atoms. The van der Waals surface area contributed by atoms with E-state index in [2.05, 4.69) is 9.97 Å². The van der Waals surface area contributed by atoms with Crippen LogP contribution in [0, 0.1) is 5.92 Å². The summed E-state index contributed by atoms with van der Waals surface area (Å²) in [6, 6.07) is 5.26. The molecule has 1 saturated heterocycles. The van der Waals surface area contributed by atoms with E-state index in [4.69, 9.17) is 4.42 Å². The van der Waals surface area contributed by atoms with Gasteiger partial charge in [0.15, 0.2) is 10.9 Å². The Balaban J connectivity index is 1.53. The topological polar surface area (TPSA) is 79.5 Å². The fourth-order valence-electron chi connectivity index (χ4n) is 3.01. The molecule has 1 aliphatic heterocycles. The lowest BCUT2D eigenvalue weighted by atomic mass is 10.1. The van der Waals surface area contributed by atoms with Gasteiger partial charge in [0.1, 0.15) is 5.76 Å². The van der Waals surface area contributed by atoms with Crippen LogP contribution in [-0.4, -0.2) is 58.3 Å². The van der Waals surface area contributed by atoms with Crippen molar-refractivity contribution in [3.8, 4) is 0 Å². The van der Waals surface area contributed by atoms with E-state index in [0.29, 0.717) is 41.9 Å². The van der Waals surface area contributed by atoms with Gasteiger partial charge in [0.2, 0.25) is 5.91 Å². The smallest absolute Gasteiger partial charge is 0.289 e. The van der Waals surface area contributed by atoms with Gasteiger partial charge in [-0.1, -0.05) is 11.8 Å². The Bertz CT molecular complexity index is 765. The molecule has 8 heteroatoms. The number of furan rings is 1. The van der Waals surface area contributed by atoms with Crippen molar-refractivity contribution in [2.24, 2.45) is 5.92 Å². The number of amides is 2. The van der Waals surface area contributed by atoms with Crippen molar-refractivity contribution in [3.05, 3.63) is 42.1 Å². The SMILES string of the molecule is CCN1CC(CN(C)C(=O)c2ccc(CSc3ncccn3)o2)CC1=O. The summed E-state index contributed by atoms with van der Waals surface area (Å²) in [5.41, 5.74) is 0. The Hall–Kier alpha value is -2.35. The van der Waals surface area contributed by atoms with E-state index < -0.39 is 0 Å². The quantitative estimate of drug-likeness (QED) is 0.547. The first-order valence-corrected chi connectivity index (χ1v) is 9.57. The molecule has 0 aromatic carbocycles. The Morgan fingerprint density at radius 3 is 2.85 bits per heavy atom. The summed E-state index contributed by atoms with van der Waals surface area (Å²) in [4.78, 5) is 36.1. The molecule has 0 saturated carbocycles. The summed E-state index contributed by atoms with van der Waals surface area (Å²) in [5, 5.41) is 0.667. The molecule has 0 aliphatic carbocycles. The van der Waals surface area contributed by atoms with Gasteiger partial charge in [-0.15, -0.1) is 0 Å². The molecule has 2 amide bonds. The van der Waals surface area contributed by atoms with Crippen LogP contribution in [0.15, 0.2) is 40.2 Å². The minimum absolute atomic E-state index is 0.166. The Morgan fingerprint density at radius 2 is 2.15 bits per heavy atom. The maximum atomic E-state index is 12.6. The third-order valence-corrected chi connectivity index (χ3v) is 5.21. The van der Waals surface area contributed by atoms with Gasteiger partial charge >= 0.3 is 0 Å². The first kappa shape index (κ1) is 18.4. The highest BCUT2D eigenvalue weighted by Crippen LogP contribution is 2.22. The van der Waals surface area contributed by atoms with Crippen LogP contribution < -0.4 is 0 Å². The van der Waals surface area contributed by atoms with Gasteiger partial charge in [0.05, 0.1) is 5.75 Å². The van der Waals surface area contributed by atoms with Crippen molar-refractivity contribution in [2.45, 2.75) is 24.3 Å². The van der Waals surface area contributed by atoms with Gasteiger partial charge in [-0.05, 0) is 25.1 Å². The second-order valence-electron chi connectivity index (χ2n) is 6.27. The molecule has 2 aromatic heterocycles. The zero-order valence-electron chi connectivity index (χ0n) is 14.9. The second-order valence-corrected chi connectivity index (χ2v) is 7.22. The summed E-state index contributed by atoms with van der Waals surface area (Å²) >= 11 is 1.45. The molecule has 1 unspecified atom stereocenters. The van der Waals surface area contributed by atoms with Crippen molar-refractivity contribution in [3.63, 3.8) is 0 Å². The van der Waals surface area contributed by atoms with Crippen molar-refractivity contribution >= 4 is 23.6 Å². The Kier molecular flexibility index (Phi) is 5.92. The molecule has 2 aromatic rings. The summed E-state index contributed by atoms with van der Waals surface area (Å²) in [7, 11) is 1.75. The number of thioether (sulfide) groups is 1. The first-order valence-electron chi connectivity index (χ1n) is 8.58. The van der Waals surface area contributed by atoms with E-state index in [1.165, 1.54) is 11.8 Å². The van der Waals surface area contributed by atoms with Crippen LogP contribution in [0.4, 0.5) is 0 Å². The number of nitrogens with zero attached hydrogens (tertiary/aromatic N) is 4. The van der Waals surface area contributed by atoms with Gasteiger partial charge in [-0.3, -0.25) is 9.59 Å². The van der Waals surface area contributed by atoms with Crippen LogP contribution in [0.5, 0.6) is 0 Å². The molecule has 138 valence electrons. The van der Waals surface area contributed by atoms with Crippen LogP contribution in [-0.2, 0) is 10.5 Å². The molecule has 1 aliphatic rings. The summed E-state index contributed by atoms with van der Waals surface area (Å²) < 4.78 is 5.67. The number of hydrogen-bond acceptors (Lipinski definition) is 6. The molecular formula is C18H22N4O3S. The van der Waals surface area contributed by atoms with Gasteiger partial charge in [0, 0.05) is 51.4 Å². The molecule has 1 atom stereocenters. The van der Waals surface area contributed by atoms with Crippen molar-refractivity contribution < 1.29 is 14.0 Å². The molecular weight excluding hydrogens is 352 g/mol. The zero-order chi connectivity index (χ0) is 18.5. The number of aromatic nitrogens is 2. The van der Waals surface area contributed by atoms with Crippen molar-refractivity contribution in [2.75, 3.05) is 26.7 Å². The minimum Gasteiger partial charge on any atom is -0.455 e. The average molecular weight is 374 g/mol. The fraction of sp³-hybridized carbons (Fsp3) is 0.444. The predicted octanol–water partition coefficient (Wildman–Crippen LogP) is 2.30. The van der Waals surface area contributed by atoms with Crippen molar-refractivity contribution in [1.29, 1.82) is 0 Å². The number of rotatable bonds is 7. The summed E-state index contributed by atoms with van der Waals surface area (Å²) in [6.07, 6.45) is 3.88. The maximum Gasteiger partial charge on any atom is 0.289 e. The number of hydrogen-bond donors (Lipinski definition) is 0. The second kappa shape index (κ2) is 8.35. The van der Waals surface area contributed by atoms with E-state index in [-0.39, 0.29) is 17.7 Å². The predicted molar refractivity (Wildman–Crippen MR) is 97.6 cm³/mol. The van der Waals surface area contributed by atoms with Crippen LogP contribution >= 0.6 is 11.8 Å². The number of carbonyl (C=O) groups excluding carboxylic acids is 2. The average Bonchev–Trinajstić information content (AvgIpc) is 3.26. The number of likely N-dealkylation sites (tertiary alicyclic amines) is 1. The third-order valence-electron chi connectivity index (χ3n) is 4.31. The third kappa shape index (κ3) is 4.43. The Morgan fingerprint density at radius 1 is 1.38 bits per heavy atom. The molecule has 26 heavy (non-hydrogen) atoms. The van der Waals surface area contributed by atoms with E-state index in [0.717, 1.165) is 6.54 Å². The summed E-state index contributed by atoms with van der Waals surface area (Å²) in [5.74, 6) is 1.75. The molecule has 3 rings (SSSR count). The van der Waals surface area contributed by atoms with Gasteiger partial charge in [0.25, 0.3) is 5.91 Å². The van der Waals surface area contributed by atoms with E-state index in [9.17, 15) is 9.59 Å². The maximum absolute atomic E-state index is 12.6. The van der Waals surface area contributed by atoms with Gasteiger partial charge in [-0.2, -0.15) is 0 Å². The highest BCUT2D eigenvalue weighted by Gasteiger charge is 2.30. The molecule has 0 N–H and O–H groups in total. The molecule has 0 radical (unpaired) electrons. The monoisotopic (exact) mass is 374 g/mol. The highest BCUT2D eigenvalue weighted by molar-refractivity contribution is 7.98. The minimum atomic E-state index is -0.167. The van der Waals surface area contributed by atoms with E-state index in [1.54, 1.807) is 42.5 Å². The zero-order valence-corrected chi connectivity index (χ0v) is 15.7. The highest BCUT2D eigenvalue weighted by atomic mass is 32.2. The Labute approximate surface area is 156 Å². The van der Waals surface area contributed by atoms with Crippen LogP contribution in [0.3, 0.4) is 0 Å². The molecule has 1 fully saturated rings. The normalized spacial score (nSPS) is 16.9.